The third-order valence-electron chi connectivity index (χ3n) is 6.22. The number of rotatable bonds is 6. The molecular weight excluding hydrogens is 310 g/mol. The molecule has 0 unspecified atom stereocenters. The lowest BCUT2D eigenvalue weighted by molar-refractivity contribution is -0.131. The number of benzene rings is 1. The fraction of sp³-hybridized carbons (Fsp3) is 0.667. The van der Waals surface area contributed by atoms with E-state index in [1.807, 2.05) is 0 Å². The normalized spacial score (nSPS) is 29.4. The molecule has 1 aromatic rings. The summed E-state index contributed by atoms with van der Waals surface area (Å²) in [5.41, 5.74) is 1.64. The topological polar surface area (TPSA) is 26.8 Å². The van der Waals surface area contributed by atoms with Gasteiger partial charge >= 0.3 is 0 Å². The van der Waals surface area contributed by atoms with E-state index in [0.29, 0.717) is 17.7 Å². The molecule has 0 radical (unpaired) electrons. The molecule has 1 amide bonds. The largest absolute Gasteiger partial charge is 0.342 e. The highest BCUT2D eigenvalue weighted by atomic mass is 16.2. The van der Waals surface area contributed by atoms with Crippen LogP contribution in [-0.4, -0.2) is 67.4 Å². The number of carbonyl (C=O) groups is 1. The number of carbonyl (C=O) groups excluding carboxylic acids is 1. The highest BCUT2D eigenvalue weighted by molar-refractivity contribution is 5.77. The van der Waals surface area contributed by atoms with Gasteiger partial charge in [-0.05, 0) is 44.3 Å². The van der Waals surface area contributed by atoms with E-state index in [2.05, 4.69) is 59.1 Å². The second kappa shape index (κ2) is 6.73. The van der Waals surface area contributed by atoms with Crippen molar-refractivity contribution in [1.82, 2.24) is 14.7 Å². The van der Waals surface area contributed by atoms with Crippen LogP contribution in [-0.2, 0) is 11.3 Å². The predicted molar refractivity (Wildman–Crippen MR) is 100 cm³/mol. The Bertz CT molecular complexity index is 613. The van der Waals surface area contributed by atoms with E-state index in [0.717, 1.165) is 45.7 Å². The number of hydrogen-bond acceptors (Lipinski definition) is 3. The lowest BCUT2D eigenvalue weighted by atomic mass is 9.80. The van der Waals surface area contributed by atoms with Crippen molar-refractivity contribution in [3.63, 3.8) is 0 Å². The summed E-state index contributed by atoms with van der Waals surface area (Å²) in [7, 11) is 4.33. The van der Waals surface area contributed by atoms with Gasteiger partial charge in [-0.25, -0.2) is 0 Å². The summed E-state index contributed by atoms with van der Waals surface area (Å²) in [5, 5.41) is 0. The van der Waals surface area contributed by atoms with Gasteiger partial charge < -0.3 is 9.80 Å². The zero-order chi connectivity index (χ0) is 17.4. The third-order valence-corrected chi connectivity index (χ3v) is 6.22. The van der Waals surface area contributed by atoms with Gasteiger partial charge in [-0.1, -0.05) is 30.3 Å². The maximum atomic E-state index is 12.6. The first-order valence-electron chi connectivity index (χ1n) is 9.73. The van der Waals surface area contributed by atoms with Gasteiger partial charge in [-0.2, -0.15) is 0 Å². The minimum Gasteiger partial charge on any atom is -0.342 e. The number of amides is 1. The van der Waals surface area contributed by atoms with Gasteiger partial charge in [0.15, 0.2) is 0 Å². The van der Waals surface area contributed by atoms with Crippen molar-refractivity contribution in [3.05, 3.63) is 35.9 Å². The van der Waals surface area contributed by atoms with Crippen molar-refractivity contribution in [2.45, 2.75) is 25.8 Å². The van der Waals surface area contributed by atoms with Crippen molar-refractivity contribution in [3.8, 4) is 0 Å². The fourth-order valence-electron chi connectivity index (χ4n) is 4.99. The molecule has 3 aliphatic rings. The van der Waals surface area contributed by atoms with Gasteiger partial charge in [-0.3, -0.25) is 9.69 Å². The van der Waals surface area contributed by atoms with Crippen LogP contribution >= 0.6 is 0 Å². The van der Waals surface area contributed by atoms with E-state index in [1.54, 1.807) is 0 Å². The first kappa shape index (κ1) is 17.0. The van der Waals surface area contributed by atoms with Crippen molar-refractivity contribution < 1.29 is 4.79 Å². The highest BCUT2D eigenvalue weighted by Gasteiger charge is 2.53. The smallest absolute Gasteiger partial charge is 0.222 e. The Morgan fingerprint density at radius 2 is 1.92 bits per heavy atom. The zero-order valence-electron chi connectivity index (χ0n) is 15.7. The van der Waals surface area contributed by atoms with E-state index in [-0.39, 0.29) is 5.41 Å². The molecule has 4 heteroatoms. The zero-order valence-corrected chi connectivity index (χ0v) is 15.7. The second-order valence-corrected chi connectivity index (χ2v) is 8.87. The van der Waals surface area contributed by atoms with Crippen LogP contribution < -0.4 is 0 Å². The van der Waals surface area contributed by atoms with Crippen LogP contribution in [0, 0.1) is 17.3 Å². The highest BCUT2D eigenvalue weighted by Crippen LogP contribution is 2.44. The Labute approximate surface area is 151 Å². The molecule has 4 rings (SSSR count). The molecule has 1 saturated carbocycles. The minimum atomic E-state index is 0.248. The van der Waals surface area contributed by atoms with Crippen molar-refractivity contribution in [1.29, 1.82) is 0 Å². The van der Waals surface area contributed by atoms with Crippen molar-refractivity contribution in [2.24, 2.45) is 17.3 Å². The summed E-state index contributed by atoms with van der Waals surface area (Å²) in [4.78, 5) is 19.7. The average molecular weight is 341 g/mol. The molecular formula is C21H31N3O. The molecule has 2 heterocycles. The van der Waals surface area contributed by atoms with Gasteiger partial charge in [0, 0.05) is 51.1 Å². The molecule has 0 spiro atoms. The Balaban J connectivity index is 1.44. The van der Waals surface area contributed by atoms with E-state index in [1.165, 1.54) is 18.4 Å². The van der Waals surface area contributed by atoms with Gasteiger partial charge in [0.1, 0.15) is 0 Å². The van der Waals surface area contributed by atoms with Gasteiger partial charge in [-0.15, -0.1) is 0 Å². The van der Waals surface area contributed by atoms with Crippen LogP contribution in [0.15, 0.2) is 30.3 Å². The Morgan fingerprint density at radius 1 is 1.16 bits per heavy atom. The molecule has 1 aliphatic carbocycles. The third kappa shape index (κ3) is 3.75. The average Bonchev–Trinajstić information content (AvgIpc) is 3.22. The summed E-state index contributed by atoms with van der Waals surface area (Å²) in [6.07, 6.45) is 3.31. The molecule has 0 N–H and O–H groups in total. The Hall–Kier alpha value is -1.39. The monoisotopic (exact) mass is 341 g/mol. The molecule has 0 bridgehead atoms. The van der Waals surface area contributed by atoms with Crippen LogP contribution in [0.2, 0.25) is 0 Å². The van der Waals surface area contributed by atoms with E-state index < -0.39 is 0 Å². The number of likely N-dealkylation sites (tertiary alicyclic amines) is 2. The summed E-state index contributed by atoms with van der Waals surface area (Å²) in [6, 6.07) is 10.8. The molecule has 2 atom stereocenters. The Morgan fingerprint density at radius 3 is 2.60 bits per heavy atom. The molecule has 2 aliphatic heterocycles. The molecule has 4 nitrogen and oxygen atoms in total. The van der Waals surface area contributed by atoms with Crippen molar-refractivity contribution in [2.75, 3.05) is 46.8 Å². The maximum absolute atomic E-state index is 12.6. The van der Waals surface area contributed by atoms with Gasteiger partial charge in [0.05, 0.1) is 0 Å². The molecule has 2 saturated heterocycles. The first-order valence-corrected chi connectivity index (χ1v) is 9.73. The van der Waals surface area contributed by atoms with Crippen molar-refractivity contribution >= 4 is 5.91 Å². The Kier molecular flexibility index (Phi) is 4.59. The lowest BCUT2D eigenvalue weighted by Crippen LogP contribution is -2.42. The van der Waals surface area contributed by atoms with Crippen LogP contribution in [0.25, 0.3) is 0 Å². The van der Waals surface area contributed by atoms with E-state index in [9.17, 15) is 4.79 Å². The quantitative estimate of drug-likeness (QED) is 0.794. The standard InChI is InChI=1S/C21H31N3O/c1-22(2)14-21-15-23(11-18-6-4-3-5-7-18)12-19(21)13-24(16-21)20(25)10-17-8-9-17/h3-7,17,19H,8-16H2,1-2H3/t19-,21+/m1/s1. The van der Waals surface area contributed by atoms with Crippen LogP contribution in [0.4, 0.5) is 0 Å². The molecule has 3 fully saturated rings. The van der Waals surface area contributed by atoms with Crippen LogP contribution in [0.3, 0.4) is 0 Å². The number of nitrogens with zero attached hydrogens (tertiary/aromatic N) is 3. The molecule has 136 valence electrons. The molecule has 25 heavy (non-hydrogen) atoms. The summed E-state index contributed by atoms with van der Waals surface area (Å²) >= 11 is 0. The van der Waals surface area contributed by atoms with Gasteiger partial charge in [0.2, 0.25) is 5.91 Å². The van der Waals surface area contributed by atoms with Crippen LogP contribution in [0.5, 0.6) is 0 Å². The molecule has 1 aromatic carbocycles. The summed E-state index contributed by atoms with van der Waals surface area (Å²) in [5.74, 6) is 1.71. The number of hydrogen-bond donors (Lipinski definition) is 0. The maximum Gasteiger partial charge on any atom is 0.222 e. The lowest BCUT2D eigenvalue weighted by Gasteiger charge is -2.32. The fourth-order valence-corrected chi connectivity index (χ4v) is 4.99. The summed E-state index contributed by atoms with van der Waals surface area (Å²) < 4.78 is 0. The summed E-state index contributed by atoms with van der Waals surface area (Å²) in [6.45, 7) is 6.25. The van der Waals surface area contributed by atoms with Crippen LogP contribution in [0.1, 0.15) is 24.8 Å². The first-order chi connectivity index (χ1) is 12.0. The number of fused-ring (bicyclic) bond motifs is 1. The molecule has 0 aromatic heterocycles. The predicted octanol–water partition coefficient (Wildman–Crippen LogP) is 2.31. The SMILES string of the molecule is CN(C)C[C@@]12CN(Cc3ccccc3)C[C@@H]1CN(C(=O)CC1CC1)C2. The second-order valence-electron chi connectivity index (χ2n) is 8.87. The van der Waals surface area contributed by atoms with E-state index >= 15 is 0 Å². The minimum absolute atomic E-state index is 0.248. The van der Waals surface area contributed by atoms with E-state index in [4.69, 9.17) is 0 Å². The van der Waals surface area contributed by atoms with Gasteiger partial charge in [0.25, 0.3) is 0 Å².